The Balaban J connectivity index is 0.00000441. The quantitative estimate of drug-likeness (QED) is 0.358. The fraction of sp³-hybridized carbons (Fsp3) is 0.688. The van der Waals surface area contributed by atoms with E-state index in [-0.39, 0.29) is 30.5 Å². The normalized spacial score (nSPS) is 14.4. The minimum Gasteiger partial charge on any atom is -0.463 e. The van der Waals surface area contributed by atoms with E-state index in [1.165, 1.54) is 0 Å². The van der Waals surface area contributed by atoms with Crippen LogP contribution in [0.25, 0.3) is 0 Å². The van der Waals surface area contributed by atoms with Crippen molar-refractivity contribution in [1.29, 1.82) is 0 Å². The van der Waals surface area contributed by atoms with Crippen molar-refractivity contribution in [3.63, 3.8) is 0 Å². The SMILES string of the molecule is CCNC(=NCC(C)(O)c1ccc(C)o1)NCCC(C)C.I. The van der Waals surface area contributed by atoms with Crippen LogP contribution < -0.4 is 10.6 Å². The third kappa shape index (κ3) is 7.49. The van der Waals surface area contributed by atoms with Gasteiger partial charge in [-0.2, -0.15) is 0 Å². The summed E-state index contributed by atoms with van der Waals surface area (Å²) in [7, 11) is 0. The molecule has 0 spiro atoms. The third-order valence-corrected chi connectivity index (χ3v) is 3.17. The highest BCUT2D eigenvalue weighted by atomic mass is 127. The molecule has 0 aliphatic heterocycles. The Morgan fingerprint density at radius 2 is 2.05 bits per heavy atom. The summed E-state index contributed by atoms with van der Waals surface area (Å²) in [5, 5.41) is 16.9. The molecule has 128 valence electrons. The van der Waals surface area contributed by atoms with Crippen molar-refractivity contribution in [2.45, 2.75) is 46.6 Å². The van der Waals surface area contributed by atoms with Gasteiger partial charge in [-0.05, 0) is 45.2 Å². The fourth-order valence-corrected chi connectivity index (χ4v) is 1.86. The van der Waals surface area contributed by atoms with Crippen LogP contribution in [0.4, 0.5) is 0 Å². The minimum atomic E-state index is -1.10. The van der Waals surface area contributed by atoms with E-state index in [0.717, 1.165) is 31.2 Å². The number of hydrogen-bond acceptors (Lipinski definition) is 3. The summed E-state index contributed by atoms with van der Waals surface area (Å²) in [5.41, 5.74) is -1.10. The van der Waals surface area contributed by atoms with Crippen LogP contribution >= 0.6 is 24.0 Å². The molecule has 0 saturated carbocycles. The number of aliphatic hydroxyl groups is 1. The molecule has 0 fully saturated rings. The average Bonchev–Trinajstić information content (AvgIpc) is 2.83. The zero-order valence-corrected chi connectivity index (χ0v) is 16.6. The maximum absolute atomic E-state index is 10.5. The molecule has 0 aromatic carbocycles. The van der Waals surface area contributed by atoms with Gasteiger partial charge in [-0.15, -0.1) is 24.0 Å². The highest BCUT2D eigenvalue weighted by Crippen LogP contribution is 2.22. The Morgan fingerprint density at radius 1 is 1.36 bits per heavy atom. The van der Waals surface area contributed by atoms with Crippen molar-refractivity contribution in [3.8, 4) is 0 Å². The van der Waals surface area contributed by atoms with E-state index < -0.39 is 5.60 Å². The molecule has 0 amide bonds. The molecule has 1 rings (SSSR count). The van der Waals surface area contributed by atoms with E-state index in [0.29, 0.717) is 11.7 Å². The van der Waals surface area contributed by atoms with Crippen LogP contribution in [0.3, 0.4) is 0 Å². The van der Waals surface area contributed by atoms with Gasteiger partial charge in [0.25, 0.3) is 0 Å². The van der Waals surface area contributed by atoms with E-state index in [1.807, 2.05) is 19.9 Å². The lowest BCUT2D eigenvalue weighted by atomic mass is 10.0. The number of aryl methyl sites for hydroxylation is 1. The predicted molar refractivity (Wildman–Crippen MR) is 102 cm³/mol. The lowest BCUT2D eigenvalue weighted by molar-refractivity contribution is 0.0428. The number of guanidine groups is 1. The van der Waals surface area contributed by atoms with Gasteiger partial charge >= 0.3 is 0 Å². The first kappa shape index (κ1) is 21.2. The topological polar surface area (TPSA) is 69.8 Å². The Kier molecular flexibility index (Phi) is 9.75. The lowest BCUT2D eigenvalue weighted by Gasteiger charge is -2.20. The second-order valence-corrected chi connectivity index (χ2v) is 5.99. The highest BCUT2D eigenvalue weighted by molar-refractivity contribution is 14.0. The molecule has 0 aliphatic carbocycles. The van der Waals surface area contributed by atoms with Crippen LogP contribution in [0.1, 0.15) is 45.6 Å². The Hall–Kier alpha value is -0.760. The fourth-order valence-electron chi connectivity index (χ4n) is 1.86. The maximum atomic E-state index is 10.5. The molecule has 1 unspecified atom stereocenters. The van der Waals surface area contributed by atoms with Crippen molar-refractivity contribution < 1.29 is 9.52 Å². The Labute approximate surface area is 151 Å². The van der Waals surface area contributed by atoms with Crippen LogP contribution in [0.15, 0.2) is 21.5 Å². The van der Waals surface area contributed by atoms with Crippen LogP contribution in [-0.4, -0.2) is 30.7 Å². The number of rotatable bonds is 7. The first-order valence-corrected chi connectivity index (χ1v) is 7.66. The molecule has 0 saturated heterocycles. The number of aliphatic imine (C=N–C) groups is 1. The van der Waals surface area contributed by atoms with Gasteiger partial charge in [0.05, 0.1) is 6.54 Å². The monoisotopic (exact) mass is 423 g/mol. The first-order valence-electron chi connectivity index (χ1n) is 7.66. The van der Waals surface area contributed by atoms with Crippen molar-refractivity contribution in [2.24, 2.45) is 10.9 Å². The smallest absolute Gasteiger partial charge is 0.191 e. The molecule has 1 aromatic heterocycles. The zero-order chi connectivity index (χ0) is 15.9. The Bertz CT molecular complexity index is 456. The lowest BCUT2D eigenvalue weighted by Crippen LogP contribution is -2.39. The molecule has 0 aliphatic rings. The van der Waals surface area contributed by atoms with Gasteiger partial charge in [-0.25, -0.2) is 4.99 Å². The van der Waals surface area contributed by atoms with E-state index in [2.05, 4.69) is 29.5 Å². The zero-order valence-electron chi connectivity index (χ0n) is 14.3. The second kappa shape index (κ2) is 10.1. The Morgan fingerprint density at radius 3 is 2.55 bits per heavy atom. The van der Waals surface area contributed by atoms with Gasteiger partial charge in [-0.3, -0.25) is 0 Å². The third-order valence-electron chi connectivity index (χ3n) is 3.17. The van der Waals surface area contributed by atoms with Crippen molar-refractivity contribution in [2.75, 3.05) is 19.6 Å². The van der Waals surface area contributed by atoms with E-state index in [9.17, 15) is 5.11 Å². The summed E-state index contributed by atoms with van der Waals surface area (Å²) in [6.45, 7) is 11.9. The molecule has 6 heteroatoms. The van der Waals surface area contributed by atoms with E-state index in [1.54, 1.807) is 13.0 Å². The van der Waals surface area contributed by atoms with Crippen LogP contribution in [0.2, 0.25) is 0 Å². The molecular formula is C16H30IN3O2. The summed E-state index contributed by atoms with van der Waals surface area (Å²) in [6.07, 6.45) is 1.08. The van der Waals surface area contributed by atoms with Crippen molar-refractivity contribution in [1.82, 2.24) is 10.6 Å². The summed E-state index contributed by atoms with van der Waals surface area (Å²) in [6, 6.07) is 3.64. The molecule has 0 bridgehead atoms. The summed E-state index contributed by atoms with van der Waals surface area (Å²) in [4.78, 5) is 4.45. The molecule has 22 heavy (non-hydrogen) atoms. The first-order chi connectivity index (χ1) is 9.85. The molecular weight excluding hydrogens is 393 g/mol. The average molecular weight is 423 g/mol. The van der Waals surface area contributed by atoms with Crippen LogP contribution in [0.5, 0.6) is 0 Å². The van der Waals surface area contributed by atoms with Gasteiger partial charge in [0.15, 0.2) is 5.96 Å². The van der Waals surface area contributed by atoms with Gasteiger partial charge in [-0.1, -0.05) is 13.8 Å². The van der Waals surface area contributed by atoms with Gasteiger partial charge < -0.3 is 20.2 Å². The number of nitrogens with one attached hydrogen (secondary N) is 2. The summed E-state index contributed by atoms with van der Waals surface area (Å²) in [5.74, 6) is 2.70. The molecule has 1 aromatic rings. The highest BCUT2D eigenvalue weighted by Gasteiger charge is 2.26. The predicted octanol–water partition coefficient (Wildman–Crippen LogP) is 3.01. The number of nitrogens with zero attached hydrogens (tertiary/aromatic N) is 1. The van der Waals surface area contributed by atoms with Crippen molar-refractivity contribution >= 4 is 29.9 Å². The van der Waals surface area contributed by atoms with Gasteiger partial charge in [0.2, 0.25) is 0 Å². The van der Waals surface area contributed by atoms with Crippen molar-refractivity contribution in [3.05, 3.63) is 23.7 Å². The van der Waals surface area contributed by atoms with Gasteiger partial charge in [0, 0.05) is 13.1 Å². The second-order valence-electron chi connectivity index (χ2n) is 5.99. The molecule has 1 atom stereocenters. The molecule has 1 heterocycles. The number of furan rings is 1. The van der Waals surface area contributed by atoms with Crippen LogP contribution in [0, 0.1) is 12.8 Å². The molecule has 5 nitrogen and oxygen atoms in total. The van der Waals surface area contributed by atoms with E-state index in [4.69, 9.17) is 4.42 Å². The molecule has 0 radical (unpaired) electrons. The van der Waals surface area contributed by atoms with Gasteiger partial charge in [0.1, 0.15) is 17.1 Å². The summed E-state index contributed by atoms with van der Waals surface area (Å²) < 4.78 is 5.49. The largest absolute Gasteiger partial charge is 0.463 e. The standard InChI is InChI=1S/C16H29N3O2.HI/c1-6-17-15(18-10-9-12(2)3)19-11-16(5,20)14-8-7-13(4)21-14;/h7-8,12,20H,6,9-11H2,1-5H3,(H2,17,18,19);1H. The number of hydrogen-bond donors (Lipinski definition) is 3. The minimum absolute atomic E-state index is 0. The maximum Gasteiger partial charge on any atom is 0.191 e. The van der Waals surface area contributed by atoms with Crippen LogP contribution in [-0.2, 0) is 5.60 Å². The number of halogens is 1. The molecule has 3 N–H and O–H groups in total. The van der Waals surface area contributed by atoms with E-state index >= 15 is 0 Å². The summed E-state index contributed by atoms with van der Waals surface area (Å²) >= 11 is 0.